The number of aliphatic hydroxyl groups excluding tert-OH is 1. The summed E-state index contributed by atoms with van der Waals surface area (Å²) in [4.78, 5) is 0. The molecule has 0 aliphatic carbocycles. The van der Waals surface area contributed by atoms with Crippen LogP contribution < -0.4 is 0 Å². The molecule has 1 nitrogen and oxygen atoms in total. The van der Waals surface area contributed by atoms with Crippen molar-refractivity contribution in [2.45, 2.75) is 26.4 Å². The summed E-state index contributed by atoms with van der Waals surface area (Å²) in [6.45, 7) is 3.93. The summed E-state index contributed by atoms with van der Waals surface area (Å²) in [5.41, 5.74) is 3.88. The lowest BCUT2D eigenvalue weighted by atomic mass is 9.97. The van der Waals surface area contributed by atoms with Crippen molar-refractivity contribution in [3.05, 3.63) is 70.5 Å². The van der Waals surface area contributed by atoms with Crippen LogP contribution >= 0.6 is 0 Å². The predicted octanol–water partition coefficient (Wildman–Crippen LogP) is 3.72. The molecule has 0 radical (unpaired) electrons. The van der Waals surface area contributed by atoms with Gasteiger partial charge < -0.3 is 5.11 Å². The Morgan fingerprint density at radius 1 is 1.06 bits per heavy atom. The third-order valence-corrected chi connectivity index (χ3v) is 3.19. The largest absolute Gasteiger partial charge is 0.388 e. The number of aliphatic hydroxyl groups is 1. The van der Waals surface area contributed by atoms with Crippen LogP contribution in [0.25, 0.3) is 0 Å². The van der Waals surface area contributed by atoms with E-state index < -0.39 is 6.10 Å². The molecule has 0 bridgehead atoms. The molecule has 94 valence electrons. The van der Waals surface area contributed by atoms with Gasteiger partial charge in [0.15, 0.2) is 0 Å². The van der Waals surface area contributed by atoms with Gasteiger partial charge in [0.05, 0.1) is 6.10 Å². The van der Waals surface area contributed by atoms with Crippen molar-refractivity contribution in [1.29, 1.82) is 0 Å². The lowest BCUT2D eigenvalue weighted by Gasteiger charge is -2.13. The van der Waals surface area contributed by atoms with E-state index in [1.165, 1.54) is 12.1 Å². The van der Waals surface area contributed by atoms with E-state index in [9.17, 15) is 9.50 Å². The van der Waals surface area contributed by atoms with E-state index >= 15 is 0 Å². The molecule has 0 fully saturated rings. The highest BCUT2D eigenvalue weighted by Gasteiger charge is 2.10. The van der Waals surface area contributed by atoms with Gasteiger partial charge in [0, 0.05) is 6.42 Å². The van der Waals surface area contributed by atoms with Crippen molar-refractivity contribution in [3.8, 4) is 0 Å². The number of hydrogen-bond donors (Lipinski definition) is 1. The van der Waals surface area contributed by atoms with E-state index in [0.717, 1.165) is 22.3 Å². The zero-order valence-electron chi connectivity index (χ0n) is 10.7. The highest BCUT2D eigenvalue weighted by atomic mass is 19.1. The molecule has 1 N–H and O–H groups in total. The predicted molar refractivity (Wildman–Crippen MR) is 71.0 cm³/mol. The van der Waals surface area contributed by atoms with Gasteiger partial charge in [-0.25, -0.2) is 4.39 Å². The van der Waals surface area contributed by atoms with Gasteiger partial charge in [0.25, 0.3) is 0 Å². The molecule has 1 unspecified atom stereocenters. The minimum atomic E-state index is -0.592. The summed E-state index contributed by atoms with van der Waals surface area (Å²) in [6, 6.07) is 12.4. The first kappa shape index (κ1) is 12.8. The molecule has 0 aromatic heterocycles. The summed E-state index contributed by atoms with van der Waals surface area (Å²) in [5.74, 6) is -0.258. The first-order valence-corrected chi connectivity index (χ1v) is 6.06. The first-order chi connectivity index (χ1) is 8.56. The van der Waals surface area contributed by atoms with E-state index in [4.69, 9.17) is 0 Å². The average Bonchev–Trinajstić information content (AvgIpc) is 2.34. The molecule has 2 aromatic carbocycles. The Kier molecular flexibility index (Phi) is 3.78. The van der Waals surface area contributed by atoms with E-state index in [0.29, 0.717) is 6.42 Å². The van der Waals surface area contributed by atoms with E-state index in [2.05, 4.69) is 0 Å². The minimum Gasteiger partial charge on any atom is -0.388 e. The number of rotatable bonds is 3. The molecule has 18 heavy (non-hydrogen) atoms. The molecule has 1 atom stereocenters. The second-order valence-electron chi connectivity index (χ2n) is 4.70. The van der Waals surface area contributed by atoms with Gasteiger partial charge >= 0.3 is 0 Å². The third-order valence-electron chi connectivity index (χ3n) is 3.19. The molecule has 2 rings (SSSR count). The van der Waals surface area contributed by atoms with Crippen LogP contribution in [-0.2, 0) is 6.42 Å². The van der Waals surface area contributed by atoms with Gasteiger partial charge in [-0.3, -0.25) is 0 Å². The lowest BCUT2D eigenvalue weighted by molar-refractivity contribution is 0.178. The summed E-state index contributed by atoms with van der Waals surface area (Å²) in [5, 5.41) is 10.2. The van der Waals surface area contributed by atoms with E-state index in [1.807, 2.05) is 38.1 Å². The molecule has 0 saturated heterocycles. The Balaban J connectivity index is 2.18. The number of halogens is 1. The van der Waals surface area contributed by atoms with Crippen LogP contribution in [0, 0.1) is 19.7 Å². The Bertz CT molecular complexity index is 531. The summed E-state index contributed by atoms with van der Waals surface area (Å²) < 4.78 is 13.2. The maximum atomic E-state index is 13.2. The average molecular weight is 244 g/mol. The number of hydrogen-bond acceptors (Lipinski definition) is 1. The summed E-state index contributed by atoms with van der Waals surface area (Å²) in [7, 11) is 0. The van der Waals surface area contributed by atoms with E-state index in [1.54, 1.807) is 6.07 Å². The molecule has 0 heterocycles. The van der Waals surface area contributed by atoms with Crippen molar-refractivity contribution in [2.75, 3.05) is 0 Å². The topological polar surface area (TPSA) is 20.2 Å². The second kappa shape index (κ2) is 5.32. The van der Waals surface area contributed by atoms with Gasteiger partial charge in [-0.05, 0) is 42.7 Å². The number of aryl methyl sites for hydroxylation is 2. The molecule has 2 aromatic rings. The molecule has 0 spiro atoms. The summed E-state index contributed by atoms with van der Waals surface area (Å²) in [6.07, 6.45) is -0.154. The van der Waals surface area contributed by atoms with Crippen LogP contribution in [0.15, 0.2) is 42.5 Å². The Labute approximate surface area is 107 Å². The van der Waals surface area contributed by atoms with Gasteiger partial charge in [0.1, 0.15) is 5.82 Å². The van der Waals surface area contributed by atoms with Crippen LogP contribution in [0.5, 0.6) is 0 Å². The Hall–Kier alpha value is -1.67. The minimum absolute atomic E-state index is 0.258. The van der Waals surface area contributed by atoms with Crippen molar-refractivity contribution >= 4 is 0 Å². The fraction of sp³-hybridized carbons (Fsp3) is 0.250. The Morgan fingerprint density at radius 2 is 1.72 bits per heavy atom. The zero-order valence-corrected chi connectivity index (χ0v) is 10.7. The standard InChI is InChI=1S/C16H17FO/c1-11-3-6-13(7-4-11)16(18)10-14-9-15(17)8-5-12(14)2/h3-9,16,18H,10H2,1-2H3. The molecule has 0 saturated carbocycles. The zero-order chi connectivity index (χ0) is 13.1. The molecule has 0 amide bonds. The number of benzene rings is 2. The molecule has 0 aliphatic rings. The summed E-state index contributed by atoms with van der Waals surface area (Å²) >= 11 is 0. The SMILES string of the molecule is Cc1ccc(C(O)Cc2cc(F)ccc2C)cc1. The smallest absolute Gasteiger partial charge is 0.123 e. The van der Waals surface area contributed by atoms with Crippen LogP contribution in [0.4, 0.5) is 4.39 Å². The fourth-order valence-corrected chi connectivity index (χ4v) is 1.97. The highest BCUT2D eigenvalue weighted by molar-refractivity contribution is 5.30. The lowest BCUT2D eigenvalue weighted by Crippen LogP contribution is -2.03. The van der Waals surface area contributed by atoms with E-state index in [-0.39, 0.29) is 5.82 Å². The van der Waals surface area contributed by atoms with Crippen molar-refractivity contribution in [2.24, 2.45) is 0 Å². The fourth-order valence-electron chi connectivity index (χ4n) is 1.97. The Morgan fingerprint density at radius 3 is 2.39 bits per heavy atom. The third kappa shape index (κ3) is 2.96. The maximum absolute atomic E-state index is 13.2. The van der Waals surface area contributed by atoms with Gasteiger partial charge in [-0.15, -0.1) is 0 Å². The van der Waals surface area contributed by atoms with Gasteiger partial charge in [-0.1, -0.05) is 35.9 Å². The van der Waals surface area contributed by atoms with Crippen LogP contribution in [0.3, 0.4) is 0 Å². The maximum Gasteiger partial charge on any atom is 0.123 e. The second-order valence-corrected chi connectivity index (χ2v) is 4.70. The molecule has 0 aliphatic heterocycles. The quantitative estimate of drug-likeness (QED) is 0.872. The van der Waals surface area contributed by atoms with Crippen LogP contribution in [0.2, 0.25) is 0 Å². The van der Waals surface area contributed by atoms with Gasteiger partial charge in [-0.2, -0.15) is 0 Å². The van der Waals surface area contributed by atoms with Crippen molar-refractivity contribution in [1.82, 2.24) is 0 Å². The highest BCUT2D eigenvalue weighted by Crippen LogP contribution is 2.21. The van der Waals surface area contributed by atoms with Crippen molar-refractivity contribution in [3.63, 3.8) is 0 Å². The van der Waals surface area contributed by atoms with Crippen LogP contribution in [0.1, 0.15) is 28.4 Å². The van der Waals surface area contributed by atoms with Crippen molar-refractivity contribution < 1.29 is 9.50 Å². The monoisotopic (exact) mass is 244 g/mol. The molecule has 2 heteroatoms. The van der Waals surface area contributed by atoms with Gasteiger partial charge in [0.2, 0.25) is 0 Å². The normalized spacial score (nSPS) is 12.4. The first-order valence-electron chi connectivity index (χ1n) is 6.06. The molecular weight excluding hydrogens is 227 g/mol. The van der Waals surface area contributed by atoms with Crippen LogP contribution in [-0.4, -0.2) is 5.11 Å². The molecular formula is C16H17FO.